The highest BCUT2D eigenvalue weighted by Gasteiger charge is 2.29. The molecule has 14 heavy (non-hydrogen) atoms. The standard InChI is InChI=1S/C10H19NO3/c1-4-9(13-3)11(2)10(12)8-6-5-7-14-8/h8-9H,4-7H2,1-3H3. The molecule has 1 saturated heterocycles. The van der Waals surface area contributed by atoms with Crippen LogP contribution in [0.25, 0.3) is 0 Å². The Hall–Kier alpha value is -0.610. The number of rotatable bonds is 4. The first-order valence-electron chi connectivity index (χ1n) is 5.11. The fourth-order valence-corrected chi connectivity index (χ4v) is 1.74. The van der Waals surface area contributed by atoms with Crippen LogP contribution in [0.15, 0.2) is 0 Å². The first-order chi connectivity index (χ1) is 6.70. The van der Waals surface area contributed by atoms with Crippen LogP contribution in [0.1, 0.15) is 26.2 Å². The molecule has 1 aliphatic heterocycles. The van der Waals surface area contributed by atoms with Crippen LogP contribution in [0, 0.1) is 0 Å². The molecule has 0 bridgehead atoms. The van der Waals surface area contributed by atoms with E-state index in [0.29, 0.717) is 6.61 Å². The molecule has 82 valence electrons. The van der Waals surface area contributed by atoms with Gasteiger partial charge in [-0.25, -0.2) is 0 Å². The van der Waals surface area contributed by atoms with E-state index < -0.39 is 0 Å². The van der Waals surface area contributed by atoms with Crippen molar-refractivity contribution in [3.63, 3.8) is 0 Å². The molecule has 2 unspecified atom stereocenters. The van der Waals surface area contributed by atoms with Crippen LogP contribution in [0.4, 0.5) is 0 Å². The van der Waals surface area contributed by atoms with Gasteiger partial charge in [-0.15, -0.1) is 0 Å². The SMILES string of the molecule is CCC(OC)N(C)C(=O)C1CCCO1. The molecule has 0 aliphatic carbocycles. The Bertz CT molecular complexity index is 186. The van der Waals surface area contributed by atoms with Gasteiger partial charge in [-0.3, -0.25) is 4.79 Å². The molecular weight excluding hydrogens is 182 g/mol. The molecular formula is C10H19NO3. The van der Waals surface area contributed by atoms with Crippen LogP contribution in [0.3, 0.4) is 0 Å². The second-order valence-electron chi connectivity index (χ2n) is 3.55. The summed E-state index contributed by atoms with van der Waals surface area (Å²) in [5.74, 6) is 0.0381. The summed E-state index contributed by atoms with van der Waals surface area (Å²) >= 11 is 0. The van der Waals surface area contributed by atoms with E-state index in [1.54, 1.807) is 19.1 Å². The predicted octanol–water partition coefficient (Wildman–Crippen LogP) is 1.01. The van der Waals surface area contributed by atoms with Crippen LogP contribution in [0.2, 0.25) is 0 Å². The van der Waals surface area contributed by atoms with Crippen molar-refractivity contribution in [2.45, 2.75) is 38.5 Å². The first kappa shape index (κ1) is 11.5. The minimum absolute atomic E-state index is 0.0381. The molecule has 0 saturated carbocycles. The summed E-state index contributed by atoms with van der Waals surface area (Å²) in [6, 6.07) is 0. The van der Waals surface area contributed by atoms with Gasteiger partial charge in [0.15, 0.2) is 0 Å². The van der Waals surface area contributed by atoms with Crippen LogP contribution < -0.4 is 0 Å². The fraction of sp³-hybridized carbons (Fsp3) is 0.900. The van der Waals surface area contributed by atoms with Crippen molar-refractivity contribution in [1.82, 2.24) is 4.90 Å². The molecule has 4 heteroatoms. The molecule has 1 fully saturated rings. The molecule has 1 amide bonds. The van der Waals surface area contributed by atoms with E-state index in [9.17, 15) is 4.79 Å². The van der Waals surface area contributed by atoms with Gasteiger partial charge in [-0.2, -0.15) is 0 Å². The third-order valence-electron chi connectivity index (χ3n) is 2.61. The fourth-order valence-electron chi connectivity index (χ4n) is 1.74. The summed E-state index contributed by atoms with van der Waals surface area (Å²) < 4.78 is 10.5. The maximum absolute atomic E-state index is 11.8. The Morgan fingerprint density at radius 3 is 2.86 bits per heavy atom. The number of ether oxygens (including phenoxy) is 2. The quantitative estimate of drug-likeness (QED) is 0.637. The third kappa shape index (κ3) is 2.45. The van der Waals surface area contributed by atoms with E-state index >= 15 is 0 Å². The lowest BCUT2D eigenvalue weighted by Gasteiger charge is -2.27. The number of amides is 1. The lowest BCUT2D eigenvalue weighted by molar-refractivity contribution is -0.151. The first-order valence-corrected chi connectivity index (χ1v) is 5.11. The molecule has 0 aromatic heterocycles. The summed E-state index contributed by atoms with van der Waals surface area (Å²) in [6.45, 7) is 2.70. The van der Waals surface area contributed by atoms with Gasteiger partial charge in [0.25, 0.3) is 5.91 Å². The lowest BCUT2D eigenvalue weighted by atomic mass is 10.2. The molecule has 4 nitrogen and oxygen atoms in total. The van der Waals surface area contributed by atoms with Gasteiger partial charge in [-0.1, -0.05) is 6.92 Å². The van der Waals surface area contributed by atoms with Gasteiger partial charge >= 0.3 is 0 Å². The Labute approximate surface area is 85.2 Å². The third-order valence-corrected chi connectivity index (χ3v) is 2.61. The molecule has 0 spiro atoms. The number of carbonyl (C=O) groups is 1. The predicted molar refractivity (Wildman–Crippen MR) is 52.8 cm³/mol. The van der Waals surface area contributed by atoms with Gasteiger partial charge in [-0.05, 0) is 19.3 Å². The van der Waals surface area contributed by atoms with Crippen molar-refractivity contribution >= 4 is 5.91 Å². The van der Waals surface area contributed by atoms with Gasteiger partial charge in [0.1, 0.15) is 12.3 Å². The number of hydrogen-bond donors (Lipinski definition) is 0. The van der Waals surface area contributed by atoms with Crippen LogP contribution >= 0.6 is 0 Å². The van der Waals surface area contributed by atoms with E-state index in [1.165, 1.54) is 0 Å². The van der Waals surface area contributed by atoms with Crippen molar-refractivity contribution in [2.24, 2.45) is 0 Å². The Kier molecular flexibility index (Phi) is 4.35. The van der Waals surface area contributed by atoms with Crippen molar-refractivity contribution in [1.29, 1.82) is 0 Å². The van der Waals surface area contributed by atoms with Crippen molar-refractivity contribution in [3.8, 4) is 0 Å². The Balaban J connectivity index is 2.49. The van der Waals surface area contributed by atoms with Crippen molar-refractivity contribution in [2.75, 3.05) is 20.8 Å². The zero-order chi connectivity index (χ0) is 10.6. The molecule has 0 N–H and O–H groups in total. The lowest BCUT2D eigenvalue weighted by Crippen LogP contribution is -2.43. The average molecular weight is 201 g/mol. The second kappa shape index (κ2) is 5.32. The van der Waals surface area contributed by atoms with Gasteiger partial charge < -0.3 is 14.4 Å². The number of likely N-dealkylation sites (N-methyl/N-ethyl adjacent to an activating group) is 1. The van der Waals surface area contributed by atoms with E-state index in [2.05, 4.69) is 0 Å². The molecule has 0 radical (unpaired) electrons. The largest absolute Gasteiger partial charge is 0.368 e. The molecule has 2 atom stereocenters. The van der Waals surface area contributed by atoms with Crippen molar-refractivity contribution in [3.05, 3.63) is 0 Å². The maximum atomic E-state index is 11.8. The minimum atomic E-state index is -0.246. The monoisotopic (exact) mass is 201 g/mol. The summed E-state index contributed by atoms with van der Waals surface area (Å²) in [5, 5.41) is 0. The van der Waals surface area contributed by atoms with Crippen LogP contribution in [0.5, 0.6) is 0 Å². The topological polar surface area (TPSA) is 38.8 Å². The minimum Gasteiger partial charge on any atom is -0.368 e. The maximum Gasteiger partial charge on any atom is 0.253 e. The van der Waals surface area contributed by atoms with E-state index in [-0.39, 0.29) is 18.2 Å². The number of hydrogen-bond acceptors (Lipinski definition) is 3. The van der Waals surface area contributed by atoms with Crippen LogP contribution in [-0.2, 0) is 14.3 Å². The van der Waals surface area contributed by atoms with Gasteiger partial charge in [0, 0.05) is 20.8 Å². The van der Waals surface area contributed by atoms with E-state index in [1.807, 2.05) is 6.92 Å². The van der Waals surface area contributed by atoms with Crippen LogP contribution in [-0.4, -0.2) is 43.9 Å². The smallest absolute Gasteiger partial charge is 0.253 e. The highest BCUT2D eigenvalue weighted by atomic mass is 16.5. The van der Waals surface area contributed by atoms with Crippen molar-refractivity contribution < 1.29 is 14.3 Å². The molecule has 1 rings (SSSR count). The normalized spacial score (nSPS) is 23.5. The highest BCUT2D eigenvalue weighted by Crippen LogP contribution is 2.16. The average Bonchev–Trinajstić information content (AvgIpc) is 2.71. The summed E-state index contributed by atoms with van der Waals surface area (Å²) in [7, 11) is 3.38. The van der Waals surface area contributed by atoms with Gasteiger partial charge in [0.2, 0.25) is 0 Å². The summed E-state index contributed by atoms with van der Waals surface area (Å²) in [4.78, 5) is 13.5. The van der Waals surface area contributed by atoms with E-state index in [4.69, 9.17) is 9.47 Å². The second-order valence-corrected chi connectivity index (χ2v) is 3.55. The number of carbonyl (C=O) groups excluding carboxylic acids is 1. The Morgan fingerprint density at radius 2 is 2.43 bits per heavy atom. The zero-order valence-electron chi connectivity index (χ0n) is 9.16. The van der Waals surface area contributed by atoms with Gasteiger partial charge in [0.05, 0.1) is 0 Å². The van der Waals surface area contributed by atoms with E-state index in [0.717, 1.165) is 19.3 Å². The molecule has 1 aliphatic rings. The number of nitrogens with zero attached hydrogens (tertiary/aromatic N) is 1. The summed E-state index contributed by atoms with van der Waals surface area (Å²) in [5.41, 5.74) is 0. The number of methoxy groups -OCH3 is 1. The Morgan fingerprint density at radius 1 is 1.71 bits per heavy atom. The molecule has 1 heterocycles. The molecule has 0 aromatic rings. The summed E-state index contributed by atoms with van der Waals surface area (Å²) in [6.07, 6.45) is 2.24. The highest BCUT2D eigenvalue weighted by molar-refractivity contribution is 5.81. The molecule has 0 aromatic carbocycles. The zero-order valence-corrected chi connectivity index (χ0v) is 9.16.